The number of rotatable bonds is 13. The maximum atomic E-state index is 12.0. The fourth-order valence-electron chi connectivity index (χ4n) is 2.82. The molecular formula is C24H26Br2O5. The highest BCUT2D eigenvalue weighted by molar-refractivity contribution is 9.10. The summed E-state index contributed by atoms with van der Waals surface area (Å²) in [6.45, 7) is 0.0569. The Balaban J connectivity index is 1.46. The van der Waals surface area contributed by atoms with Gasteiger partial charge in [0.05, 0.1) is 0 Å². The number of ether oxygens (including phenoxy) is 2. The third-order valence-electron chi connectivity index (χ3n) is 4.61. The van der Waals surface area contributed by atoms with Crippen molar-refractivity contribution in [3.63, 3.8) is 0 Å². The summed E-state index contributed by atoms with van der Waals surface area (Å²) in [7, 11) is 0. The van der Waals surface area contributed by atoms with E-state index in [0.29, 0.717) is 31.4 Å². The normalized spacial score (nSPS) is 10.5. The van der Waals surface area contributed by atoms with Crippen LogP contribution in [0.3, 0.4) is 0 Å². The fourth-order valence-corrected chi connectivity index (χ4v) is 3.35. The van der Waals surface area contributed by atoms with Gasteiger partial charge in [-0.25, -0.2) is 0 Å². The molecule has 31 heavy (non-hydrogen) atoms. The summed E-state index contributed by atoms with van der Waals surface area (Å²) >= 11 is 6.68. The Labute approximate surface area is 199 Å². The molecule has 0 amide bonds. The first-order valence-corrected chi connectivity index (χ1v) is 11.9. The van der Waals surface area contributed by atoms with E-state index in [0.717, 1.165) is 40.2 Å². The molecule has 0 atom stereocenters. The van der Waals surface area contributed by atoms with Gasteiger partial charge in [-0.2, -0.15) is 0 Å². The Morgan fingerprint density at radius 2 is 1.13 bits per heavy atom. The van der Waals surface area contributed by atoms with Crippen LogP contribution in [0.25, 0.3) is 0 Å². The van der Waals surface area contributed by atoms with Gasteiger partial charge in [-0.3, -0.25) is 14.4 Å². The third kappa shape index (κ3) is 10.7. The molecule has 0 saturated heterocycles. The minimum absolute atomic E-state index is 0.193. The molecule has 0 aromatic heterocycles. The number of benzene rings is 2. The Kier molecular flexibility index (Phi) is 11.5. The smallest absolute Gasteiger partial charge is 0.306 e. The molecule has 0 fully saturated rings. The number of halogens is 2. The third-order valence-corrected chi connectivity index (χ3v) is 5.66. The maximum Gasteiger partial charge on any atom is 0.306 e. The van der Waals surface area contributed by atoms with Gasteiger partial charge in [0, 0.05) is 27.4 Å². The van der Waals surface area contributed by atoms with Gasteiger partial charge in [0.15, 0.2) is 12.4 Å². The lowest BCUT2D eigenvalue weighted by molar-refractivity contribution is -0.145. The van der Waals surface area contributed by atoms with Gasteiger partial charge >= 0.3 is 11.9 Å². The summed E-state index contributed by atoms with van der Waals surface area (Å²) in [5.74, 6) is -0.767. The molecule has 0 aliphatic heterocycles. The molecule has 5 nitrogen and oxygen atoms in total. The predicted molar refractivity (Wildman–Crippen MR) is 126 cm³/mol. The van der Waals surface area contributed by atoms with Crippen LogP contribution < -0.4 is 0 Å². The number of hydrogen-bond acceptors (Lipinski definition) is 5. The van der Waals surface area contributed by atoms with Crippen LogP contribution in [0.4, 0.5) is 0 Å². The molecule has 0 N–H and O–H groups in total. The molecule has 0 bridgehead atoms. The lowest BCUT2D eigenvalue weighted by Gasteiger charge is -2.06. The van der Waals surface area contributed by atoms with Gasteiger partial charge in [-0.1, -0.05) is 75.4 Å². The van der Waals surface area contributed by atoms with Crippen LogP contribution in [0.15, 0.2) is 57.5 Å². The van der Waals surface area contributed by atoms with Crippen LogP contribution in [0.2, 0.25) is 0 Å². The highest BCUT2D eigenvalue weighted by atomic mass is 79.9. The van der Waals surface area contributed by atoms with Crippen molar-refractivity contribution >= 4 is 49.6 Å². The van der Waals surface area contributed by atoms with Gasteiger partial charge in [-0.05, 0) is 42.7 Å². The highest BCUT2D eigenvalue weighted by Crippen LogP contribution is 2.13. The van der Waals surface area contributed by atoms with Crippen molar-refractivity contribution in [1.82, 2.24) is 0 Å². The van der Waals surface area contributed by atoms with Gasteiger partial charge < -0.3 is 9.47 Å². The zero-order valence-electron chi connectivity index (χ0n) is 17.3. The van der Waals surface area contributed by atoms with E-state index in [2.05, 4.69) is 31.9 Å². The molecule has 0 radical (unpaired) electrons. The van der Waals surface area contributed by atoms with Crippen LogP contribution >= 0.6 is 31.9 Å². The molecule has 0 unspecified atom stereocenters. The zero-order valence-corrected chi connectivity index (χ0v) is 20.5. The van der Waals surface area contributed by atoms with E-state index in [4.69, 9.17) is 9.47 Å². The molecule has 0 saturated carbocycles. The quantitative estimate of drug-likeness (QED) is 0.163. The van der Waals surface area contributed by atoms with E-state index in [1.807, 2.05) is 24.3 Å². The summed E-state index contributed by atoms with van der Waals surface area (Å²) in [5.41, 5.74) is 1.48. The predicted octanol–water partition coefficient (Wildman–Crippen LogP) is 6.41. The topological polar surface area (TPSA) is 69.7 Å². The second-order valence-electron chi connectivity index (χ2n) is 7.15. The second kappa shape index (κ2) is 14.1. The summed E-state index contributed by atoms with van der Waals surface area (Å²) in [6, 6.07) is 14.6. The Hall–Kier alpha value is -1.99. The molecule has 2 aromatic carbocycles. The maximum absolute atomic E-state index is 12.0. The largest absolute Gasteiger partial charge is 0.461 e. The molecule has 7 heteroatoms. The van der Waals surface area contributed by atoms with Crippen molar-refractivity contribution in [1.29, 1.82) is 0 Å². The van der Waals surface area contributed by atoms with Crippen molar-refractivity contribution in [2.45, 2.75) is 51.6 Å². The summed E-state index contributed by atoms with van der Waals surface area (Å²) in [4.78, 5) is 35.5. The van der Waals surface area contributed by atoms with Gasteiger partial charge in [0.25, 0.3) is 0 Å². The van der Waals surface area contributed by atoms with E-state index in [9.17, 15) is 14.4 Å². The first-order chi connectivity index (χ1) is 14.9. The minimum Gasteiger partial charge on any atom is -0.461 e. The first-order valence-electron chi connectivity index (χ1n) is 10.3. The molecule has 0 spiro atoms. The van der Waals surface area contributed by atoms with Crippen molar-refractivity contribution in [2.24, 2.45) is 0 Å². The number of esters is 2. The SMILES string of the molecule is O=C(CCCCCCCC(=O)OCc1ccc(Br)cc1)OCC(=O)c1ccc(Br)cc1. The number of unbranched alkanes of at least 4 members (excludes halogenated alkanes) is 4. The summed E-state index contributed by atoms with van der Waals surface area (Å²) in [6.07, 6.45) is 4.89. The van der Waals surface area contributed by atoms with Gasteiger partial charge in [-0.15, -0.1) is 0 Å². The standard InChI is InChI=1S/C24H26Br2O5/c25-20-12-8-18(9-13-20)16-30-23(28)6-4-2-1-3-5-7-24(29)31-17-22(27)19-10-14-21(26)15-11-19/h8-15H,1-7,16-17H2. The fraction of sp³-hybridized carbons (Fsp3) is 0.375. The molecule has 2 aromatic rings. The number of carbonyl (C=O) groups excluding carboxylic acids is 3. The van der Waals surface area contributed by atoms with Crippen LogP contribution in [0.1, 0.15) is 60.9 Å². The summed E-state index contributed by atoms with van der Waals surface area (Å²) in [5, 5.41) is 0. The van der Waals surface area contributed by atoms with E-state index < -0.39 is 0 Å². The lowest BCUT2D eigenvalue weighted by Crippen LogP contribution is -2.13. The molecule has 2 rings (SSSR count). The number of hydrogen-bond donors (Lipinski definition) is 0. The molecule has 166 valence electrons. The Morgan fingerprint density at radius 1 is 0.645 bits per heavy atom. The van der Waals surface area contributed by atoms with Crippen LogP contribution in [-0.2, 0) is 25.7 Å². The first kappa shape index (κ1) is 25.3. The minimum atomic E-state index is -0.359. The Bertz CT molecular complexity index is 847. The van der Waals surface area contributed by atoms with Crippen molar-refractivity contribution in [3.8, 4) is 0 Å². The molecule has 0 heterocycles. The van der Waals surface area contributed by atoms with E-state index in [1.165, 1.54) is 0 Å². The zero-order chi connectivity index (χ0) is 22.5. The molecular weight excluding hydrogens is 528 g/mol. The van der Waals surface area contributed by atoms with Crippen molar-refractivity contribution < 1.29 is 23.9 Å². The second-order valence-corrected chi connectivity index (χ2v) is 8.98. The van der Waals surface area contributed by atoms with Crippen LogP contribution in [0, 0.1) is 0 Å². The highest BCUT2D eigenvalue weighted by Gasteiger charge is 2.10. The molecule has 0 aliphatic rings. The van der Waals surface area contributed by atoms with Gasteiger partial charge in [0.2, 0.25) is 0 Å². The monoisotopic (exact) mass is 552 g/mol. The van der Waals surface area contributed by atoms with E-state index >= 15 is 0 Å². The number of carbonyl (C=O) groups is 3. The van der Waals surface area contributed by atoms with Crippen molar-refractivity contribution in [3.05, 3.63) is 68.6 Å². The van der Waals surface area contributed by atoms with Crippen LogP contribution in [0.5, 0.6) is 0 Å². The molecule has 0 aliphatic carbocycles. The average Bonchev–Trinajstić information content (AvgIpc) is 2.77. The number of ketones is 1. The average molecular weight is 554 g/mol. The van der Waals surface area contributed by atoms with Gasteiger partial charge in [0.1, 0.15) is 6.61 Å². The summed E-state index contributed by atoms with van der Waals surface area (Å²) < 4.78 is 12.2. The number of Topliss-reactive ketones (excluding diaryl/α,β-unsaturated/α-hetero) is 1. The Morgan fingerprint density at radius 3 is 1.71 bits per heavy atom. The van der Waals surface area contributed by atoms with Crippen molar-refractivity contribution in [2.75, 3.05) is 6.61 Å². The lowest BCUT2D eigenvalue weighted by atomic mass is 10.1. The van der Waals surface area contributed by atoms with E-state index in [1.54, 1.807) is 24.3 Å². The van der Waals surface area contributed by atoms with E-state index in [-0.39, 0.29) is 24.3 Å². The van der Waals surface area contributed by atoms with Crippen LogP contribution in [-0.4, -0.2) is 24.3 Å².